The Bertz CT molecular complexity index is 1930. The number of hydrogen-bond acceptors (Lipinski definition) is 16. The second kappa shape index (κ2) is 38.3. The summed E-state index contributed by atoms with van der Waals surface area (Å²) < 4.78 is 56.7. The lowest BCUT2D eigenvalue weighted by Crippen LogP contribution is -2.36. The second-order valence-electron chi connectivity index (χ2n) is 18.6. The van der Waals surface area contributed by atoms with Crippen molar-refractivity contribution in [3.05, 3.63) is 71.4 Å². The smallest absolute Gasteiger partial charge is 0.462 e. The van der Waals surface area contributed by atoms with Crippen LogP contribution < -0.4 is 11.4 Å². The lowest BCUT2D eigenvalue weighted by atomic mass is 10.0. The molecule has 1 saturated heterocycles. The normalized spacial score (nSPS) is 20.0. The average Bonchev–Trinajstić information content (AvgIpc) is 3.60. The number of nitrogens with two attached hydrogens (primary N) is 1. The van der Waals surface area contributed by atoms with Gasteiger partial charge in [-0.25, -0.2) is 13.9 Å². The molecular weight excluding hydrogens is 973 g/mol. The van der Waals surface area contributed by atoms with Crippen LogP contribution in [0.2, 0.25) is 0 Å². The van der Waals surface area contributed by atoms with Crippen LogP contribution in [0.15, 0.2) is 65.7 Å². The molecule has 0 aromatic carbocycles. The van der Waals surface area contributed by atoms with Gasteiger partial charge in [-0.1, -0.05) is 153 Å². The maximum Gasteiger partial charge on any atom is 0.481 e. The van der Waals surface area contributed by atoms with Crippen LogP contribution in [-0.2, 0) is 46.3 Å². The fourth-order valence-electron chi connectivity index (χ4n) is 7.53. The van der Waals surface area contributed by atoms with Crippen molar-refractivity contribution in [1.29, 1.82) is 0 Å². The van der Waals surface area contributed by atoms with E-state index in [9.17, 15) is 48.6 Å². The number of unbranched alkanes of at least 4 members (excludes halogenated alkanes) is 13. The minimum absolute atomic E-state index is 0.0326. The van der Waals surface area contributed by atoms with Crippen molar-refractivity contribution in [1.82, 2.24) is 9.55 Å². The van der Waals surface area contributed by atoms with E-state index in [0.29, 0.717) is 19.3 Å². The van der Waals surface area contributed by atoms with Gasteiger partial charge in [0.2, 0.25) is 0 Å². The molecule has 1 aromatic heterocycles. The molecule has 8 atom stereocenters. The summed E-state index contributed by atoms with van der Waals surface area (Å²) in [5.74, 6) is -0.604. The molecule has 1 aromatic rings. The molecule has 2 unspecified atom stereocenters. The number of esters is 2. The number of allylic oxidation sites excluding steroid dienone is 8. The lowest BCUT2D eigenvalue weighted by Gasteiger charge is -2.21. The molecule has 0 spiro atoms. The van der Waals surface area contributed by atoms with Crippen LogP contribution in [0.3, 0.4) is 0 Å². The summed E-state index contributed by atoms with van der Waals surface area (Å²) in [6.45, 7) is 4.14. The van der Waals surface area contributed by atoms with Crippen LogP contribution in [-0.4, -0.2) is 96.9 Å². The van der Waals surface area contributed by atoms with Gasteiger partial charge in [0.25, 0.3) is 0 Å². The van der Waals surface area contributed by atoms with Gasteiger partial charge in [-0.3, -0.25) is 23.2 Å². The number of nitrogens with zero attached hydrogens (tertiary/aromatic N) is 2. The Morgan fingerprint density at radius 1 is 0.736 bits per heavy atom. The zero-order chi connectivity index (χ0) is 53.0. The lowest BCUT2D eigenvalue weighted by molar-refractivity contribution is -0.161. The molecule has 0 bridgehead atoms. The molecule has 0 amide bonds. The van der Waals surface area contributed by atoms with Gasteiger partial charge in [-0.15, -0.1) is 0 Å². The van der Waals surface area contributed by atoms with Crippen LogP contribution in [0.25, 0.3) is 0 Å². The topological polar surface area (TPSA) is 286 Å². The number of anilines is 1. The molecule has 21 heteroatoms. The largest absolute Gasteiger partial charge is 0.481 e. The maximum atomic E-state index is 12.9. The molecule has 1 aliphatic rings. The summed E-state index contributed by atoms with van der Waals surface area (Å²) in [5, 5.41) is 30.5. The van der Waals surface area contributed by atoms with E-state index in [0.717, 1.165) is 80.9 Å². The first kappa shape index (κ1) is 64.8. The first-order valence-corrected chi connectivity index (χ1v) is 29.1. The van der Waals surface area contributed by atoms with Gasteiger partial charge in [-0.05, 0) is 69.8 Å². The molecule has 1 fully saturated rings. The van der Waals surface area contributed by atoms with Crippen LogP contribution >= 0.6 is 15.6 Å². The maximum absolute atomic E-state index is 12.9. The van der Waals surface area contributed by atoms with E-state index in [2.05, 4.69) is 53.5 Å². The zero-order valence-corrected chi connectivity index (χ0v) is 44.8. The van der Waals surface area contributed by atoms with Crippen molar-refractivity contribution in [3.63, 3.8) is 0 Å². The fourth-order valence-corrected chi connectivity index (χ4v) is 9.64. The number of phosphoric ester groups is 2. The number of aliphatic hydroxyl groups excluding tert-OH is 3. The Kier molecular flexibility index (Phi) is 34.4. The Morgan fingerprint density at radius 3 is 1.83 bits per heavy atom. The highest BCUT2D eigenvalue weighted by molar-refractivity contribution is 7.61. The second-order valence-corrected chi connectivity index (χ2v) is 21.7. The zero-order valence-electron chi connectivity index (χ0n) is 43.0. The van der Waals surface area contributed by atoms with Crippen molar-refractivity contribution in [2.75, 3.05) is 25.6 Å². The van der Waals surface area contributed by atoms with Crippen LogP contribution in [0.1, 0.15) is 181 Å². The number of carbonyl (C=O) groups excluding carboxylic acids is 2. The van der Waals surface area contributed by atoms with Gasteiger partial charge in [0, 0.05) is 19.0 Å². The summed E-state index contributed by atoms with van der Waals surface area (Å²) >= 11 is 0. The third kappa shape index (κ3) is 31.4. The summed E-state index contributed by atoms with van der Waals surface area (Å²) in [5.41, 5.74) is 4.58. The number of nitrogen functional groups attached to an aromatic ring is 1. The standard InChI is InChI=1S/C51H87N3O16P2/c1-4-42(55)33-29-25-21-17-13-9-5-6-10-14-18-22-26-30-34-46(56)65-38-43(68-47(57)35-31-27-23-19-15-11-7-8-12-16-20-24-28-32-41(2)3)39-66-71(61,62)70-72(63,64)67-40-44-48(58)49(59)50(69-44)54-37-36-45(52)53-51(54)60/h6,9-10,13,18,21-22,25,36-37,41-44,48-50,55,58-59H,4-5,7-8,11-12,14-17,19-20,23-24,26-35,38-40H2,1-3H3,(H,61,62)(H,63,64)(H2,52,53,60)/b10-6-,13-9-,22-18-,25-21-/t42-,43+,44+,48+,49+,50+/m0/s1. The summed E-state index contributed by atoms with van der Waals surface area (Å²) in [7, 11) is -10.9. The molecule has 2 rings (SSSR count). The predicted molar refractivity (Wildman–Crippen MR) is 276 cm³/mol. The van der Waals surface area contributed by atoms with Gasteiger partial charge in [0.1, 0.15) is 30.7 Å². The van der Waals surface area contributed by atoms with Gasteiger partial charge in [-0.2, -0.15) is 9.29 Å². The Hall–Kier alpha value is -3.32. The van der Waals surface area contributed by atoms with Gasteiger partial charge in [0.15, 0.2) is 12.3 Å². The van der Waals surface area contributed by atoms with Crippen molar-refractivity contribution in [3.8, 4) is 0 Å². The van der Waals surface area contributed by atoms with Crippen LogP contribution in [0, 0.1) is 5.92 Å². The molecule has 0 radical (unpaired) electrons. The molecule has 7 N–H and O–H groups in total. The number of aromatic nitrogens is 2. The third-order valence-corrected chi connectivity index (χ3v) is 14.4. The van der Waals surface area contributed by atoms with Crippen molar-refractivity contribution in [2.45, 2.75) is 212 Å². The highest BCUT2D eigenvalue weighted by Crippen LogP contribution is 2.60. The third-order valence-electron chi connectivity index (χ3n) is 11.8. The molecule has 0 aliphatic carbocycles. The highest BCUT2D eigenvalue weighted by Gasteiger charge is 2.46. The number of phosphoric acid groups is 2. The quantitative estimate of drug-likeness (QED) is 0.0154. The fraction of sp³-hybridized carbons (Fsp3) is 0.725. The molecule has 1 aliphatic heterocycles. The molecule has 0 saturated carbocycles. The Morgan fingerprint density at radius 2 is 1.26 bits per heavy atom. The van der Waals surface area contributed by atoms with E-state index in [1.165, 1.54) is 63.9 Å². The SMILES string of the molecule is CC[C@H](O)CC/C=C\C/C=C\C/C=C\C/C=C\CCCC(=O)OC[C@H](COP(=O)(O)OP(=O)(O)OC[C@H]1O[C@@H](n2ccc(N)nc2=O)[C@H](O)[C@@H]1O)OC(=O)CCCCCCCCCCCCCCCC(C)C. The predicted octanol–water partition coefficient (Wildman–Crippen LogP) is 9.77. The number of aliphatic hydroxyl groups is 3. The van der Waals surface area contributed by atoms with Crippen molar-refractivity contribution < 1.29 is 71.4 Å². The molecule has 72 heavy (non-hydrogen) atoms. The van der Waals surface area contributed by atoms with E-state index in [-0.39, 0.29) is 24.8 Å². The van der Waals surface area contributed by atoms with Gasteiger partial charge < -0.3 is 45.1 Å². The molecular formula is C51H87N3O16P2. The van der Waals surface area contributed by atoms with E-state index < -0.39 is 83.7 Å². The first-order valence-electron chi connectivity index (χ1n) is 26.1. The molecule has 412 valence electrons. The van der Waals surface area contributed by atoms with E-state index in [1.807, 2.05) is 25.2 Å². The highest BCUT2D eigenvalue weighted by atomic mass is 31.3. The van der Waals surface area contributed by atoms with Gasteiger partial charge >= 0.3 is 33.3 Å². The summed E-state index contributed by atoms with van der Waals surface area (Å²) in [6, 6.07) is 1.24. The minimum atomic E-state index is -5.44. The minimum Gasteiger partial charge on any atom is -0.462 e. The Labute approximate surface area is 427 Å². The Balaban J connectivity index is 1.82. The van der Waals surface area contributed by atoms with Crippen molar-refractivity contribution in [2.24, 2.45) is 5.92 Å². The van der Waals surface area contributed by atoms with Gasteiger partial charge in [0.05, 0.1) is 19.3 Å². The molecule has 2 heterocycles. The summed E-state index contributed by atoms with van der Waals surface area (Å²) in [4.78, 5) is 61.9. The summed E-state index contributed by atoms with van der Waals surface area (Å²) in [6.07, 6.45) is 31.4. The number of carbonyl (C=O) groups is 2. The first-order chi connectivity index (χ1) is 34.4. The number of hydrogen-bond donors (Lipinski definition) is 6. The average molecular weight is 1060 g/mol. The monoisotopic (exact) mass is 1060 g/mol. The van der Waals surface area contributed by atoms with Crippen LogP contribution in [0.5, 0.6) is 0 Å². The van der Waals surface area contributed by atoms with Crippen molar-refractivity contribution >= 4 is 33.4 Å². The van der Waals surface area contributed by atoms with E-state index in [4.69, 9.17) is 29.0 Å². The van der Waals surface area contributed by atoms with E-state index >= 15 is 0 Å². The molecule has 19 nitrogen and oxygen atoms in total. The number of rotatable bonds is 42. The van der Waals surface area contributed by atoms with Crippen LogP contribution in [0.4, 0.5) is 5.82 Å². The van der Waals surface area contributed by atoms with E-state index in [1.54, 1.807) is 0 Å². The number of ether oxygens (including phenoxy) is 3.